The molecule has 2 aliphatic carbocycles. The second kappa shape index (κ2) is 7.92. The van der Waals surface area contributed by atoms with Crippen molar-refractivity contribution >= 4 is 17.2 Å². The highest BCUT2D eigenvalue weighted by atomic mass is 31.1. The minimum atomic E-state index is 0.763. The molecule has 118 valence electrons. The predicted molar refractivity (Wildman–Crippen MR) is 98.5 cm³/mol. The van der Waals surface area contributed by atoms with Gasteiger partial charge in [-0.3, -0.25) is 0 Å². The molecule has 0 bridgehead atoms. The number of hydrogen-bond donors (Lipinski definition) is 0. The van der Waals surface area contributed by atoms with Gasteiger partial charge in [-0.05, 0) is 53.7 Å². The molecular formula is C18H36P2. The smallest absolute Gasteiger partial charge is 0.00855 e. The van der Waals surface area contributed by atoms with Crippen LogP contribution in [-0.2, 0) is 0 Å². The summed E-state index contributed by atoms with van der Waals surface area (Å²) >= 11 is 0. The molecule has 0 nitrogen and oxygen atoms in total. The van der Waals surface area contributed by atoms with Crippen LogP contribution < -0.4 is 0 Å². The Hall–Kier alpha value is 0.860. The van der Waals surface area contributed by atoms with Crippen LogP contribution in [0.3, 0.4) is 0 Å². The molecule has 2 rings (SSSR count). The Morgan fingerprint density at radius 1 is 0.800 bits per heavy atom. The summed E-state index contributed by atoms with van der Waals surface area (Å²) in [6.45, 7) is 9.83. The molecule has 0 radical (unpaired) electrons. The molecule has 2 heteroatoms. The largest absolute Gasteiger partial charge is 0.116 e. The summed E-state index contributed by atoms with van der Waals surface area (Å²) in [7, 11) is 2.45. The van der Waals surface area contributed by atoms with Gasteiger partial charge in [-0.15, -0.1) is 17.2 Å². The molecule has 2 aliphatic rings. The maximum atomic E-state index is 2.47. The minimum Gasteiger partial charge on any atom is -0.116 e. The van der Waals surface area contributed by atoms with Crippen molar-refractivity contribution in [1.82, 2.24) is 0 Å². The molecule has 0 N–H and O–H groups in total. The molecule has 4 atom stereocenters. The Morgan fingerprint density at radius 2 is 1.45 bits per heavy atom. The zero-order chi connectivity index (χ0) is 14.6. The Balaban J connectivity index is 2.15. The quantitative estimate of drug-likeness (QED) is 0.513. The molecule has 0 aromatic rings. The Bertz CT molecular complexity index is 279. The van der Waals surface area contributed by atoms with Crippen molar-refractivity contribution in [3.05, 3.63) is 0 Å². The lowest BCUT2D eigenvalue weighted by Crippen LogP contribution is -2.43. The van der Waals surface area contributed by atoms with E-state index >= 15 is 0 Å². The molecule has 0 spiro atoms. The van der Waals surface area contributed by atoms with Crippen molar-refractivity contribution in [2.45, 2.75) is 108 Å². The summed E-state index contributed by atoms with van der Waals surface area (Å²) < 4.78 is 0. The lowest BCUT2D eigenvalue weighted by atomic mass is 9.72. The average Bonchev–Trinajstić information content (AvgIpc) is 2.38. The van der Waals surface area contributed by atoms with Crippen molar-refractivity contribution in [3.8, 4) is 0 Å². The van der Waals surface area contributed by atoms with E-state index in [0.29, 0.717) is 0 Å². The highest BCUT2D eigenvalue weighted by Crippen LogP contribution is 2.57. The maximum absolute atomic E-state index is 2.47. The molecule has 4 unspecified atom stereocenters. The van der Waals surface area contributed by atoms with Gasteiger partial charge in [-0.2, -0.15) is 0 Å². The van der Waals surface area contributed by atoms with Crippen LogP contribution in [0.4, 0.5) is 0 Å². The van der Waals surface area contributed by atoms with E-state index in [1.54, 1.807) is 25.7 Å². The van der Waals surface area contributed by atoms with Crippen LogP contribution in [0.5, 0.6) is 0 Å². The summed E-state index contributed by atoms with van der Waals surface area (Å²) in [6.07, 6.45) is 13.8. The van der Waals surface area contributed by atoms with Crippen molar-refractivity contribution in [3.63, 3.8) is 0 Å². The first kappa shape index (κ1) is 17.2. The van der Waals surface area contributed by atoms with Crippen LogP contribution in [0.15, 0.2) is 0 Å². The van der Waals surface area contributed by atoms with Gasteiger partial charge in [0.15, 0.2) is 0 Å². The van der Waals surface area contributed by atoms with E-state index in [9.17, 15) is 0 Å². The fraction of sp³-hybridized carbons (Fsp3) is 1.00. The van der Waals surface area contributed by atoms with E-state index in [1.807, 2.05) is 0 Å². The Morgan fingerprint density at radius 3 is 2.05 bits per heavy atom. The third kappa shape index (κ3) is 4.43. The molecule has 0 heterocycles. The van der Waals surface area contributed by atoms with Gasteiger partial charge in [0, 0.05) is 0 Å². The fourth-order valence-electron chi connectivity index (χ4n) is 4.80. The predicted octanol–water partition coefficient (Wildman–Crippen LogP) is 6.42. The third-order valence-electron chi connectivity index (χ3n) is 5.35. The van der Waals surface area contributed by atoms with Gasteiger partial charge in [0.1, 0.15) is 0 Å². The summed E-state index contributed by atoms with van der Waals surface area (Å²) in [5, 5.41) is 0.763. The Kier molecular flexibility index (Phi) is 6.82. The van der Waals surface area contributed by atoms with Crippen LogP contribution >= 0.6 is 17.2 Å². The van der Waals surface area contributed by atoms with E-state index in [-0.39, 0.29) is 0 Å². The van der Waals surface area contributed by atoms with Crippen LogP contribution in [-0.4, -0.2) is 22.1 Å². The molecule has 0 saturated heterocycles. The van der Waals surface area contributed by atoms with Gasteiger partial charge in [0.05, 0.1) is 0 Å². The lowest BCUT2D eigenvalue weighted by molar-refractivity contribution is 0.229. The van der Waals surface area contributed by atoms with Crippen molar-refractivity contribution in [1.29, 1.82) is 0 Å². The van der Waals surface area contributed by atoms with E-state index in [2.05, 4.69) is 27.7 Å². The molecule has 0 aromatic heterocycles. The van der Waals surface area contributed by atoms with Crippen LogP contribution in [0.2, 0.25) is 0 Å². The van der Waals surface area contributed by atoms with E-state index in [0.717, 1.165) is 28.1 Å². The molecule has 2 fully saturated rings. The average molecular weight is 314 g/mol. The monoisotopic (exact) mass is 314 g/mol. The fourth-order valence-corrected chi connectivity index (χ4v) is 9.26. The normalized spacial score (nSPS) is 32.1. The van der Waals surface area contributed by atoms with Gasteiger partial charge in [0.25, 0.3) is 0 Å². The van der Waals surface area contributed by atoms with Gasteiger partial charge >= 0.3 is 0 Å². The lowest BCUT2D eigenvalue weighted by Gasteiger charge is -2.50. The highest BCUT2D eigenvalue weighted by Gasteiger charge is 2.44. The molecule has 0 aliphatic heterocycles. The molecular weight excluding hydrogens is 278 g/mol. The van der Waals surface area contributed by atoms with Gasteiger partial charge in [-0.1, -0.05) is 59.8 Å². The van der Waals surface area contributed by atoms with Gasteiger partial charge in [-0.25, -0.2) is 0 Å². The van der Waals surface area contributed by atoms with Crippen molar-refractivity contribution in [2.75, 3.05) is 0 Å². The molecule has 2 saturated carbocycles. The van der Waals surface area contributed by atoms with E-state index in [4.69, 9.17) is 0 Å². The summed E-state index contributed by atoms with van der Waals surface area (Å²) in [4.78, 5) is 0. The molecule has 0 amide bonds. The second-order valence-electron chi connectivity index (χ2n) is 7.83. The van der Waals surface area contributed by atoms with E-state index in [1.165, 1.54) is 49.3 Å². The maximum Gasteiger partial charge on any atom is -0.00855 e. The van der Waals surface area contributed by atoms with Crippen LogP contribution in [0.1, 0.15) is 85.5 Å². The first-order valence-corrected chi connectivity index (χ1v) is 11.3. The summed E-state index contributed by atoms with van der Waals surface area (Å²) in [5.41, 5.74) is 2.91. The summed E-state index contributed by atoms with van der Waals surface area (Å²) in [6, 6.07) is 0. The highest BCUT2D eigenvalue weighted by molar-refractivity contribution is 7.41. The first-order valence-electron chi connectivity index (χ1n) is 9.07. The number of rotatable bonds is 5. The standard InChI is InChI=1S/C18H36P2/c1-14(2)19-17-11-7-6-10-16(17)18(20-15(3)4)12-8-5-9-13-18/h14-17,19-20H,5-13H2,1-4H3. The zero-order valence-corrected chi connectivity index (χ0v) is 16.2. The van der Waals surface area contributed by atoms with Crippen molar-refractivity contribution in [2.24, 2.45) is 5.92 Å². The van der Waals surface area contributed by atoms with Crippen LogP contribution in [0, 0.1) is 5.92 Å². The first-order chi connectivity index (χ1) is 9.53. The zero-order valence-electron chi connectivity index (χ0n) is 14.2. The van der Waals surface area contributed by atoms with Gasteiger partial charge < -0.3 is 0 Å². The minimum absolute atomic E-state index is 0.763. The molecule has 0 aromatic carbocycles. The third-order valence-corrected chi connectivity index (χ3v) is 9.15. The summed E-state index contributed by atoms with van der Waals surface area (Å²) in [5.74, 6) is 1.08. The number of hydrogen-bond acceptors (Lipinski definition) is 0. The van der Waals surface area contributed by atoms with Gasteiger partial charge in [0.2, 0.25) is 0 Å². The van der Waals surface area contributed by atoms with Crippen LogP contribution in [0.25, 0.3) is 0 Å². The second-order valence-corrected chi connectivity index (χ2v) is 12.5. The van der Waals surface area contributed by atoms with E-state index < -0.39 is 0 Å². The molecule has 20 heavy (non-hydrogen) atoms. The Labute approximate surface area is 131 Å². The topological polar surface area (TPSA) is 0 Å². The van der Waals surface area contributed by atoms with Crippen molar-refractivity contribution < 1.29 is 0 Å². The SMILES string of the molecule is CC(C)PC1CCCCC1C1(PC(C)C)CCCCC1.